The minimum Gasteiger partial charge on any atom is -0.323 e. The van der Waals surface area contributed by atoms with Crippen LogP contribution < -0.4 is 5.73 Å². The van der Waals surface area contributed by atoms with Gasteiger partial charge in [0.25, 0.3) is 0 Å². The number of aromatic nitrogens is 1. The quantitative estimate of drug-likeness (QED) is 0.711. The van der Waals surface area contributed by atoms with Crippen LogP contribution in [-0.2, 0) is 0 Å². The lowest BCUT2D eigenvalue weighted by Gasteiger charge is -2.09. The molecule has 1 aromatic heterocycles. The van der Waals surface area contributed by atoms with Crippen LogP contribution in [0, 0.1) is 18.3 Å². The first-order valence-electron chi connectivity index (χ1n) is 3.78. The summed E-state index contributed by atoms with van der Waals surface area (Å²) >= 11 is 0. The molecule has 0 unspecified atom stereocenters. The van der Waals surface area contributed by atoms with E-state index in [1.165, 1.54) is 0 Å². The molecule has 3 nitrogen and oxygen atoms in total. The van der Waals surface area contributed by atoms with Gasteiger partial charge < -0.3 is 5.73 Å². The van der Waals surface area contributed by atoms with Crippen LogP contribution in [0.2, 0.25) is 0 Å². The van der Waals surface area contributed by atoms with E-state index in [1.54, 1.807) is 12.4 Å². The van der Waals surface area contributed by atoms with E-state index in [1.807, 2.05) is 19.1 Å². The zero-order valence-corrected chi connectivity index (χ0v) is 6.99. The Morgan fingerprint density at radius 2 is 2.50 bits per heavy atom. The van der Waals surface area contributed by atoms with Crippen LogP contribution in [-0.4, -0.2) is 4.98 Å². The van der Waals surface area contributed by atoms with Crippen LogP contribution in [0.3, 0.4) is 0 Å². The van der Waals surface area contributed by atoms with Crippen molar-refractivity contribution in [1.29, 1.82) is 5.26 Å². The lowest BCUT2D eigenvalue weighted by molar-refractivity contribution is 0.740. The molecule has 3 heteroatoms. The fraction of sp³-hybridized carbons (Fsp3) is 0.333. The van der Waals surface area contributed by atoms with Crippen molar-refractivity contribution in [1.82, 2.24) is 4.98 Å². The highest BCUT2D eigenvalue weighted by molar-refractivity contribution is 5.25. The highest BCUT2D eigenvalue weighted by Crippen LogP contribution is 2.15. The SMILES string of the molecule is Cc1cnccc1[C@H](N)CC#N. The molecule has 1 atom stereocenters. The Hall–Kier alpha value is -1.40. The first-order chi connectivity index (χ1) is 5.75. The van der Waals surface area contributed by atoms with Gasteiger partial charge in [0.2, 0.25) is 0 Å². The Morgan fingerprint density at radius 3 is 3.08 bits per heavy atom. The third-order valence-corrected chi connectivity index (χ3v) is 1.77. The highest BCUT2D eigenvalue weighted by atomic mass is 14.7. The largest absolute Gasteiger partial charge is 0.323 e. The lowest BCUT2D eigenvalue weighted by Crippen LogP contribution is -2.10. The number of pyridine rings is 1. The van der Waals surface area contributed by atoms with E-state index in [-0.39, 0.29) is 6.04 Å². The standard InChI is InChI=1S/C9H11N3/c1-7-6-12-5-3-8(7)9(11)2-4-10/h3,5-6,9H,2,11H2,1H3/t9-/m1/s1. The molecule has 12 heavy (non-hydrogen) atoms. The molecule has 0 fully saturated rings. The average Bonchev–Trinajstić information content (AvgIpc) is 2.05. The van der Waals surface area contributed by atoms with E-state index in [9.17, 15) is 0 Å². The number of hydrogen-bond donors (Lipinski definition) is 1. The number of nitrogens with two attached hydrogens (primary N) is 1. The van der Waals surface area contributed by atoms with E-state index in [0.29, 0.717) is 6.42 Å². The molecule has 0 bridgehead atoms. The molecule has 62 valence electrons. The number of nitriles is 1. The Balaban J connectivity index is 2.88. The maximum Gasteiger partial charge on any atom is 0.0641 e. The predicted molar refractivity (Wildman–Crippen MR) is 46.1 cm³/mol. The summed E-state index contributed by atoms with van der Waals surface area (Å²) in [5, 5.41) is 8.44. The molecule has 0 aliphatic heterocycles. The van der Waals surface area contributed by atoms with Crippen LogP contribution in [0.25, 0.3) is 0 Å². The van der Waals surface area contributed by atoms with Gasteiger partial charge >= 0.3 is 0 Å². The summed E-state index contributed by atoms with van der Waals surface area (Å²) in [6.07, 6.45) is 3.80. The van der Waals surface area contributed by atoms with Crippen molar-refractivity contribution in [2.45, 2.75) is 19.4 Å². The molecule has 0 radical (unpaired) electrons. The second-order valence-electron chi connectivity index (χ2n) is 2.70. The molecule has 1 aromatic rings. The third kappa shape index (κ3) is 1.80. The van der Waals surface area contributed by atoms with Gasteiger partial charge in [0.1, 0.15) is 0 Å². The normalized spacial score (nSPS) is 12.1. The fourth-order valence-electron chi connectivity index (χ4n) is 1.11. The van der Waals surface area contributed by atoms with E-state index >= 15 is 0 Å². The second kappa shape index (κ2) is 3.84. The zero-order valence-electron chi connectivity index (χ0n) is 6.99. The molecule has 0 aliphatic carbocycles. The monoisotopic (exact) mass is 161 g/mol. The molecule has 0 aliphatic rings. The Kier molecular flexibility index (Phi) is 2.78. The smallest absolute Gasteiger partial charge is 0.0641 e. The topological polar surface area (TPSA) is 62.7 Å². The van der Waals surface area contributed by atoms with E-state index in [4.69, 9.17) is 11.0 Å². The van der Waals surface area contributed by atoms with Crippen molar-refractivity contribution in [3.05, 3.63) is 29.6 Å². The number of nitrogens with zero attached hydrogens (tertiary/aromatic N) is 2. The number of aryl methyl sites for hydroxylation is 1. The molecule has 0 saturated heterocycles. The van der Waals surface area contributed by atoms with E-state index in [2.05, 4.69) is 4.98 Å². The molecular weight excluding hydrogens is 150 g/mol. The van der Waals surface area contributed by atoms with E-state index in [0.717, 1.165) is 11.1 Å². The van der Waals surface area contributed by atoms with Gasteiger partial charge in [-0.25, -0.2) is 0 Å². The summed E-state index contributed by atoms with van der Waals surface area (Å²) < 4.78 is 0. The molecule has 0 amide bonds. The summed E-state index contributed by atoms with van der Waals surface area (Å²) in [6.45, 7) is 1.94. The maximum absolute atomic E-state index is 8.44. The summed E-state index contributed by atoms with van der Waals surface area (Å²) in [5.74, 6) is 0. The van der Waals surface area contributed by atoms with Crippen molar-refractivity contribution >= 4 is 0 Å². The van der Waals surface area contributed by atoms with Gasteiger partial charge in [0, 0.05) is 18.4 Å². The van der Waals surface area contributed by atoms with Crippen molar-refractivity contribution < 1.29 is 0 Å². The summed E-state index contributed by atoms with van der Waals surface area (Å²) in [6, 6.07) is 3.72. The van der Waals surface area contributed by atoms with Crippen molar-refractivity contribution in [2.75, 3.05) is 0 Å². The van der Waals surface area contributed by atoms with E-state index < -0.39 is 0 Å². The van der Waals surface area contributed by atoms with Gasteiger partial charge in [-0.15, -0.1) is 0 Å². The van der Waals surface area contributed by atoms with Crippen LogP contribution in [0.5, 0.6) is 0 Å². The molecule has 0 saturated carbocycles. The minimum absolute atomic E-state index is 0.182. The Morgan fingerprint density at radius 1 is 1.75 bits per heavy atom. The zero-order chi connectivity index (χ0) is 8.97. The van der Waals surface area contributed by atoms with Gasteiger partial charge in [-0.2, -0.15) is 5.26 Å². The third-order valence-electron chi connectivity index (χ3n) is 1.77. The van der Waals surface area contributed by atoms with Crippen LogP contribution in [0.1, 0.15) is 23.6 Å². The van der Waals surface area contributed by atoms with Crippen LogP contribution >= 0.6 is 0 Å². The second-order valence-corrected chi connectivity index (χ2v) is 2.70. The predicted octanol–water partition coefficient (Wildman–Crippen LogP) is 1.30. The molecular formula is C9H11N3. The van der Waals surface area contributed by atoms with Crippen molar-refractivity contribution in [3.8, 4) is 6.07 Å². The Labute approximate surface area is 71.8 Å². The number of hydrogen-bond acceptors (Lipinski definition) is 3. The van der Waals surface area contributed by atoms with Gasteiger partial charge in [0.15, 0.2) is 0 Å². The highest BCUT2D eigenvalue weighted by Gasteiger charge is 2.06. The van der Waals surface area contributed by atoms with Crippen LogP contribution in [0.15, 0.2) is 18.5 Å². The summed E-state index contributed by atoms with van der Waals surface area (Å²) in [7, 11) is 0. The van der Waals surface area contributed by atoms with Gasteiger partial charge in [0.05, 0.1) is 12.5 Å². The Bertz CT molecular complexity index is 301. The van der Waals surface area contributed by atoms with Gasteiger partial charge in [-0.3, -0.25) is 4.98 Å². The summed E-state index contributed by atoms with van der Waals surface area (Å²) in [4.78, 5) is 3.95. The first kappa shape index (κ1) is 8.69. The minimum atomic E-state index is -0.182. The fourth-order valence-corrected chi connectivity index (χ4v) is 1.11. The molecule has 2 N–H and O–H groups in total. The van der Waals surface area contributed by atoms with Crippen LogP contribution in [0.4, 0.5) is 0 Å². The molecule has 1 heterocycles. The van der Waals surface area contributed by atoms with Gasteiger partial charge in [-0.05, 0) is 24.1 Å². The lowest BCUT2D eigenvalue weighted by atomic mass is 10.0. The van der Waals surface area contributed by atoms with Gasteiger partial charge in [-0.1, -0.05) is 0 Å². The average molecular weight is 161 g/mol. The molecule has 0 aromatic carbocycles. The summed E-state index contributed by atoms with van der Waals surface area (Å²) in [5.41, 5.74) is 7.80. The molecule has 1 rings (SSSR count). The first-order valence-corrected chi connectivity index (χ1v) is 3.78. The van der Waals surface area contributed by atoms with Crippen molar-refractivity contribution in [2.24, 2.45) is 5.73 Å². The number of rotatable bonds is 2. The van der Waals surface area contributed by atoms with Crippen molar-refractivity contribution in [3.63, 3.8) is 0 Å². The molecule has 0 spiro atoms. The maximum atomic E-state index is 8.44.